The molecular formula is C12H13N3O3. The molecule has 94 valence electrons. The van der Waals surface area contributed by atoms with Gasteiger partial charge in [-0.1, -0.05) is 0 Å². The van der Waals surface area contributed by atoms with Gasteiger partial charge in [0.25, 0.3) is 0 Å². The maximum absolute atomic E-state index is 9.05. The molecule has 2 N–H and O–H groups in total. The van der Waals surface area contributed by atoms with Crippen LogP contribution in [-0.2, 0) is 0 Å². The summed E-state index contributed by atoms with van der Waals surface area (Å²) in [5.74, 6) is 1.02. The summed E-state index contributed by atoms with van der Waals surface area (Å²) in [4.78, 5) is 3.79. The third kappa shape index (κ3) is 2.36. The first-order valence-electron chi connectivity index (χ1n) is 5.44. The Morgan fingerprint density at radius 3 is 3.11 bits per heavy atom. The van der Waals surface area contributed by atoms with E-state index in [0.717, 1.165) is 0 Å². The van der Waals surface area contributed by atoms with Crippen LogP contribution < -0.4 is 14.8 Å². The first-order valence-corrected chi connectivity index (χ1v) is 5.44. The summed E-state index contributed by atoms with van der Waals surface area (Å²) in [6.45, 7) is 0.163. The number of nitrogens with zero attached hydrogens (tertiary/aromatic N) is 2. The zero-order chi connectivity index (χ0) is 13.0. The topological polar surface area (TPSA) is 86.9 Å². The highest BCUT2D eigenvalue weighted by Crippen LogP contribution is 2.36. The van der Waals surface area contributed by atoms with Crippen molar-refractivity contribution >= 4 is 12.0 Å². The molecule has 6 nitrogen and oxygen atoms in total. The second-order valence-corrected chi connectivity index (χ2v) is 3.72. The number of rotatable bonds is 3. The Bertz CT molecular complexity index is 508. The quantitative estimate of drug-likeness (QED) is 0.608. The fraction of sp³-hybridized carbons (Fsp3) is 0.333. The highest BCUT2D eigenvalue weighted by atomic mass is 16.6. The molecule has 1 aliphatic heterocycles. The van der Waals surface area contributed by atoms with E-state index in [1.807, 2.05) is 0 Å². The summed E-state index contributed by atoms with van der Waals surface area (Å²) in [5, 5.41) is 21.0. The smallest absolute Gasteiger partial charge is 0.164 e. The Kier molecular flexibility index (Phi) is 3.65. The first-order chi connectivity index (χ1) is 8.78. The molecule has 0 spiro atoms. The van der Waals surface area contributed by atoms with Gasteiger partial charge in [-0.3, -0.25) is 4.99 Å². The Balaban J connectivity index is 2.35. The zero-order valence-electron chi connectivity index (χ0n) is 9.88. The van der Waals surface area contributed by atoms with E-state index in [-0.39, 0.29) is 19.3 Å². The minimum absolute atomic E-state index is 0.112. The highest BCUT2D eigenvalue weighted by Gasteiger charge is 2.22. The number of anilines is 1. The highest BCUT2D eigenvalue weighted by molar-refractivity contribution is 5.80. The summed E-state index contributed by atoms with van der Waals surface area (Å²) >= 11 is 0. The maximum atomic E-state index is 9.05. The molecule has 1 heterocycles. The van der Waals surface area contributed by atoms with Crippen LogP contribution in [0.15, 0.2) is 17.1 Å². The molecule has 1 aromatic rings. The van der Waals surface area contributed by atoms with Gasteiger partial charge in [0.1, 0.15) is 12.7 Å². The Hall–Kier alpha value is -2.26. The lowest BCUT2D eigenvalue weighted by atomic mass is 10.1. The van der Waals surface area contributed by atoms with Crippen molar-refractivity contribution in [3.05, 3.63) is 17.7 Å². The number of benzene rings is 1. The van der Waals surface area contributed by atoms with Crippen molar-refractivity contribution in [3.8, 4) is 17.6 Å². The largest absolute Gasteiger partial charge is 0.486 e. The van der Waals surface area contributed by atoms with E-state index in [1.165, 1.54) is 6.34 Å². The predicted molar refractivity (Wildman–Crippen MR) is 66.2 cm³/mol. The van der Waals surface area contributed by atoms with E-state index in [2.05, 4.69) is 16.4 Å². The molecule has 0 bridgehead atoms. The molecule has 1 aromatic carbocycles. The molecule has 1 unspecified atom stereocenters. The fourth-order valence-corrected chi connectivity index (χ4v) is 1.60. The van der Waals surface area contributed by atoms with Gasteiger partial charge in [-0.15, -0.1) is 0 Å². The van der Waals surface area contributed by atoms with Crippen molar-refractivity contribution in [2.75, 3.05) is 25.6 Å². The van der Waals surface area contributed by atoms with E-state index in [4.69, 9.17) is 19.8 Å². The molecule has 0 saturated heterocycles. The molecular weight excluding hydrogens is 234 g/mol. The van der Waals surface area contributed by atoms with Gasteiger partial charge in [-0.2, -0.15) is 5.26 Å². The number of hydrogen-bond donors (Lipinski definition) is 2. The number of nitriles is 1. The van der Waals surface area contributed by atoms with Crippen LogP contribution in [0, 0.1) is 11.3 Å². The SMILES string of the molecule is CN=CNc1cc2c(cc1C#N)OCC(CO)O2. The van der Waals surface area contributed by atoms with Gasteiger partial charge in [0.05, 0.1) is 24.2 Å². The molecule has 0 fully saturated rings. The number of aliphatic hydroxyl groups is 1. The average Bonchev–Trinajstić information content (AvgIpc) is 2.43. The van der Waals surface area contributed by atoms with Crippen molar-refractivity contribution in [3.63, 3.8) is 0 Å². The molecule has 0 saturated carbocycles. The summed E-state index contributed by atoms with van der Waals surface area (Å²) in [6, 6.07) is 5.34. The molecule has 0 amide bonds. The minimum atomic E-state index is -0.377. The predicted octanol–water partition coefficient (Wildman–Crippen LogP) is 0.760. The Morgan fingerprint density at radius 1 is 1.61 bits per heavy atom. The van der Waals surface area contributed by atoms with Gasteiger partial charge in [0.2, 0.25) is 0 Å². The van der Waals surface area contributed by atoms with Crippen molar-refractivity contribution in [1.82, 2.24) is 0 Å². The van der Waals surface area contributed by atoms with Gasteiger partial charge < -0.3 is 19.9 Å². The monoisotopic (exact) mass is 247 g/mol. The van der Waals surface area contributed by atoms with Gasteiger partial charge in [-0.25, -0.2) is 0 Å². The van der Waals surface area contributed by atoms with Crippen LogP contribution in [0.5, 0.6) is 11.5 Å². The van der Waals surface area contributed by atoms with Crippen LogP contribution in [0.1, 0.15) is 5.56 Å². The van der Waals surface area contributed by atoms with Crippen LogP contribution in [0.2, 0.25) is 0 Å². The third-order valence-corrected chi connectivity index (χ3v) is 2.48. The summed E-state index contributed by atoms with van der Waals surface area (Å²) < 4.78 is 11.0. The van der Waals surface area contributed by atoms with Crippen molar-refractivity contribution in [2.24, 2.45) is 4.99 Å². The molecule has 1 aliphatic rings. The van der Waals surface area contributed by atoms with Crippen LogP contribution >= 0.6 is 0 Å². The minimum Gasteiger partial charge on any atom is -0.486 e. The first kappa shape index (κ1) is 12.2. The second-order valence-electron chi connectivity index (χ2n) is 3.72. The Morgan fingerprint density at radius 2 is 2.44 bits per heavy atom. The molecule has 6 heteroatoms. The number of ether oxygens (including phenoxy) is 2. The van der Waals surface area contributed by atoms with Gasteiger partial charge in [-0.05, 0) is 0 Å². The van der Waals surface area contributed by atoms with E-state index in [0.29, 0.717) is 22.7 Å². The summed E-state index contributed by atoms with van der Waals surface area (Å²) in [5.41, 5.74) is 1.03. The van der Waals surface area contributed by atoms with Crippen molar-refractivity contribution in [2.45, 2.75) is 6.10 Å². The standard InChI is InChI=1S/C12H13N3O3/c1-14-7-15-10-3-12-11(2-8(10)4-13)17-6-9(5-16)18-12/h2-3,7,9,16H,5-6H2,1H3,(H,14,15). The molecule has 2 rings (SSSR count). The van der Waals surface area contributed by atoms with E-state index in [9.17, 15) is 0 Å². The fourth-order valence-electron chi connectivity index (χ4n) is 1.60. The van der Waals surface area contributed by atoms with Gasteiger partial charge >= 0.3 is 0 Å². The molecule has 0 aromatic heterocycles. The van der Waals surface area contributed by atoms with Crippen LogP contribution in [0.3, 0.4) is 0 Å². The molecule has 0 radical (unpaired) electrons. The number of aliphatic imine (C=N–C) groups is 1. The van der Waals surface area contributed by atoms with Crippen LogP contribution in [-0.4, -0.2) is 37.8 Å². The van der Waals surface area contributed by atoms with E-state index < -0.39 is 0 Å². The summed E-state index contributed by atoms with van der Waals surface area (Å²) in [6.07, 6.45) is 1.11. The van der Waals surface area contributed by atoms with E-state index >= 15 is 0 Å². The molecule has 1 atom stereocenters. The van der Waals surface area contributed by atoms with Crippen molar-refractivity contribution in [1.29, 1.82) is 5.26 Å². The lowest BCUT2D eigenvalue weighted by molar-refractivity contribution is 0.0457. The summed E-state index contributed by atoms with van der Waals surface area (Å²) in [7, 11) is 1.62. The van der Waals surface area contributed by atoms with Crippen LogP contribution in [0.4, 0.5) is 5.69 Å². The van der Waals surface area contributed by atoms with Crippen molar-refractivity contribution < 1.29 is 14.6 Å². The number of hydrogen-bond acceptors (Lipinski definition) is 5. The lowest BCUT2D eigenvalue weighted by Crippen LogP contribution is -2.32. The second kappa shape index (κ2) is 5.38. The number of nitrogens with one attached hydrogen (secondary N) is 1. The van der Waals surface area contributed by atoms with Crippen LogP contribution in [0.25, 0.3) is 0 Å². The average molecular weight is 247 g/mol. The van der Waals surface area contributed by atoms with Gasteiger partial charge in [0.15, 0.2) is 17.6 Å². The number of aliphatic hydroxyl groups excluding tert-OH is 1. The molecule has 0 aliphatic carbocycles. The normalized spacial score (nSPS) is 17.5. The van der Waals surface area contributed by atoms with E-state index in [1.54, 1.807) is 19.2 Å². The zero-order valence-corrected chi connectivity index (χ0v) is 9.88. The third-order valence-electron chi connectivity index (χ3n) is 2.48. The Labute approximate surface area is 104 Å². The lowest BCUT2D eigenvalue weighted by Gasteiger charge is -2.25. The van der Waals surface area contributed by atoms with Gasteiger partial charge in [0, 0.05) is 19.2 Å². The maximum Gasteiger partial charge on any atom is 0.164 e. The molecule has 18 heavy (non-hydrogen) atoms. The number of fused-ring (bicyclic) bond motifs is 1.